The molecule has 0 aliphatic heterocycles. The summed E-state index contributed by atoms with van der Waals surface area (Å²) in [7, 11) is 1.72. The van der Waals surface area contributed by atoms with Crippen molar-refractivity contribution in [3.05, 3.63) is 54.0 Å². The summed E-state index contributed by atoms with van der Waals surface area (Å²) in [6, 6.07) is 11.5. The Morgan fingerprint density at radius 1 is 1.19 bits per heavy atom. The van der Waals surface area contributed by atoms with E-state index >= 15 is 0 Å². The Labute approximate surface area is 151 Å². The molecule has 0 amide bonds. The van der Waals surface area contributed by atoms with Crippen LogP contribution in [-0.4, -0.2) is 34.8 Å². The van der Waals surface area contributed by atoms with Crippen molar-refractivity contribution in [2.75, 3.05) is 13.7 Å². The zero-order chi connectivity index (χ0) is 18.2. The minimum absolute atomic E-state index is 0.459. The summed E-state index contributed by atoms with van der Waals surface area (Å²) in [6.07, 6.45) is 1.59. The van der Waals surface area contributed by atoms with Crippen molar-refractivity contribution in [2.45, 2.75) is 20.0 Å². The molecule has 0 atom stereocenters. The van der Waals surface area contributed by atoms with Gasteiger partial charge < -0.3 is 19.8 Å². The first-order valence-electron chi connectivity index (χ1n) is 8.40. The van der Waals surface area contributed by atoms with Crippen LogP contribution in [-0.2, 0) is 13.1 Å². The molecule has 3 aromatic rings. The number of hydrogen-bond donors (Lipinski definition) is 3. The molecule has 136 valence electrons. The number of nitrogens with one attached hydrogen (secondary N) is 3. The topological polar surface area (TPSA) is 100 Å². The van der Waals surface area contributed by atoms with E-state index in [0.717, 1.165) is 11.3 Å². The predicted molar refractivity (Wildman–Crippen MR) is 98.7 cm³/mol. The third-order valence-corrected chi connectivity index (χ3v) is 3.64. The lowest BCUT2D eigenvalue weighted by Crippen LogP contribution is -2.36. The Morgan fingerprint density at radius 2 is 2.04 bits per heavy atom. The second-order valence-corrected chi connectivity index (χ2v) is 5.40. The zero-order valence-electron chi connectivity index (χ0n) is 14.8. The second kappa shape index (κ2) is 8.70. The molecular formula is C18H22N6O2. The summed E-state index contributed by atoms with van der Waals surface area (Å²) in [5.74, 6) is 3.38. The van der Waals surface area contributed by atoms with Crippen molar-refractivity contribution in [1.29, 1.82) is 0 Å². The summed E-state index contributed by atoms with van der Waals surface area (Å²) < 4.78 is 10.9. The van der Waals surface area contributed by atoms with Crippen LogP contribution >= 0.6 is 0 Å². The average molecular weight is 354 g/mol. The molecule has 0 bridgehead atoms. The lowest BCUT2D eigenvalue weighted by molar-refractivity contribution is 0.336. The van der Waals surface area contributed by atoms with Gasteiger partial charge in [-0.2, -0.15) is 0 Å². The number of para-hydroxylation sites is 1. The summed E-state index contributed by atoms with van der Waals surface area (Å²) in [5.41, 5.74) is 1.07. The van der Waals surface area contributed by atoms with Gasteiger partial charge in [-0.3, -0.25) is 10.1 Å². The maximum absolute atomic E-state index is 5.64. The number of rotatable bonds is 7. The molecule has 2 heterocycles. The number of nitrogens with zero attached hydrogens (tertiary/aromatic N) is 3. The molecule has 0 saturated heterocycles. The van der Waals surface area contributed by atoms with Gasteiger partial charge in [-0.1, -0.05) is 18.2 Å². The second-order valence-electron chi connectivity index (χ2n) is 5.40. The highest BCUT2D eigenvalue weighted by atomic mass is 16.5. The number of ether oxygens (including phenoxy) is 1. The van der Waals surface area contributed by atoms with Crippen molar-refractivity contribution < 1.29 is 9.15 Å². The quantitative estimate of drug-likeness (QED) is 0.445. The largest absolute Gasteiger partial charge is 0.494 e. The highest BCUT2D eigenvalue weighted by Gasteiger charge is 2.09. The van der Waals surface area contributed by atoms with E-state index in [2.05, 4.69) is 30.8 Å². The summed E-state index contributed by atoms with van der Waals surface area (Å²) >= 11 is 0. The molecule has 8 nitrogen and oxygen atoms in total. The normalized spacial score (nSPS) is 11.4. The number of aliphatic imine (C=N–C) groups is 1. The standard InChI is InChI=1S/C18H22N6O2/c1-3-25-14-8-5-4-7-13(14)11-20-18(19-2)21-12-16-22-17(24-23-16)15-9-6-10-26-15/h4-10H,3,11-12H2,1-2H3,(H2,19,20,21)(H,22,23,24). The summed E-state index contributed by atoms with van der Waals surface area (Å²) in [6.45, 7) is 3.66. The van der Waals surface area contributed by atoms with E-state index in [0.29, 0.717) is 43.1 Å². The number of furan rings is 1. The van der Waals surface area contributed by atoms with Gasteiger partial charge in [-0.25, -0.2) is 4.98 Å². The third-order valence-electron chi connectivity index (χ3n) is 3.64. The molecule has 0 unspecified atom stereocenters. The summed E-state index contributed by atoms with van der Waals surface area (Å²) in [4.78, 5) is 8.61. The van der Waals surface area contributed by atoms with Crippen molar-refractivity contribution >= 4 is 5.96 Å². The number of H-pyrrole nitrogens is 1. The minimum Gasteiger partial charge on any atom is -0.494 e. The first-order valence-corrected chi connectivity index (χ1v) is 8.40. The van der Waals surface area contributed by atoms with Crippen molar-refractivity contribution in [1.82, 2.24) is 25.8 Å². The molecule has 0 fully saturated rings. The summed E-state index contributed by atoms with van der Waals surface area (Å²) in [5, 5.41) is 13.5. The maximum atomic E-state index is 5.64. The molecule has 8 heteroatoms. The van der Waals surface area contributed by atoms with Gasteiger partial charge in [-0.05, 0) is 25.1 Å². The zero-order valence-corrected chi connectivity index (χ0v) is 14.8. The van der Waals surface area contributed by atoms with Gasteiger partial charge in [0, 0.05) is 19.2 Å². The molecule has 0 spiro atoms. The van der Waals surface area contributed by atoms with Gasteiger partial charge in [-0.15, -0.1) is 5.10 Å². The van der Waals surface area contributed by atoms with Crippen LogP contribution in [0.3, 0.4) is 0 Å². The fourth-order valence-corrected chi connectivity index (χ4v) is 2.40. The van der Waals surface area contributed by atoms with Crippen molar-refractivity contribution in [2.24, 2.45) is 4.99 Å². The van der Waals surface area contributed by atoms with Gasteiger partial charge >= 0.3 is 0 Å². The molecule has 3 rings (SSSR count). The van der Waals surface area contributed by atoms with E-state index in [4.69, 9.17) is 9.15 Å². The van der Waals surface area contributed by atoms with Gasteiger partial charge in [0.1, 0.15) is 11.6 Å². The number of guanidine groups is 1. The van der Waals surface area contributed by atoms with E-state index in [1.54, 1.807) is 19.4 Å². The Morgan fingerprint density at radius 3 is 2.81 bits per heavy atom. The van der Waals surface area contributed by atoms with Crippen molar-refractivity contribution in [3.63, 3.8) is 0 Å². The molecule has 1 aromatic carbocycles. The van der Waals surface area contributed by atoms with Crippen LogP contribution in [0, 0.1) is 0 Å². The molecule has 2 aromatic heterocycles. The molecule has 0 aliphatic carbocycles. The van der Waals surface area contributed by atoms with Crippen LogP contribution in [0.15, 0.2) is 52.1 Å². The van der Waals surface area contributed by atoms with Crippen LogP contribution in [0.4, 0.5) is 0 Å². The van der Waals surface area contributed by atoms with E-state index in [1.165, 1.54) is 0 Å². The number of aromatic nitrogens is 3. The van der Waals surface area contributed by atoms with E-state index in [-0.39, 0.29) is 0 Å². The van der Waals surface area contributed by atoms with Crippen LogP contribution in [0.2, 0.25) is 0 Å². The Bertz CT molecular complexity index is 841. The number of hydrogen-bond acceptors (Lipinski definition) is 5. The first kappa shape index (κ1) is 17.5. The molecule has 0 radical (unpaired) electrons. The van der Waals surface area contributed by atoms with Gasteiger partial charge in [0.2, 0.25) is 5.82 Å². The molecule has 26 heavy (non-hydrogen) atoms. The van der Waals surface area contributed by atoms with E-state index in [1.807, 2.05) is 37.3 Å². The Kier molecular flexibility index (Phi) is 5.87. The lowest BCUT2D eigenvalue weighted by atomic mass is 10.2. The first-order chi connectivity index (χ1) is 12.8. The molecule has 0 aliphatic rings. The maximum Gasteiger partial charge on any atom is 0.216 e. The van der Waals surface area contributed by atoms with Crippen LogP contribution in [0.25, 0.3) is 11.6 Å². The van der Waals surface area contributed by atoms with Crippen LogP contribution < -0.4 is 15.4 Å². The highest BCUT2D eigenvalue weighted by Crippen LogP contribution is 2.17. The Balaban J connectivity index is 1.54. The Hall–Kier alpha value is -3.29. The molecular weight excluding hydrogens is 332 g/mol. The van der Waals surface area contributed by atoms with Crippen LogP contribution in [0.5, 0.6) is 5.75 Å². The van der Waals surface area contributed by atoms with Gasteiger partial charge in [0.25, 0.3) is 0 Å². The SMILES string of the molecule is CCOc1ccccc1CNC(=NC)NCc1nc(-c2ccco2)n[nH]1. The number of aromatic amines is 1. The fourth-order valence-electron chi connectivity index (χ4n) is 2.40. The lowest BCUT2D eigenvalue weighted by Gasteiger charge is -2.13. The minimum atomic E-state index is 0.459. The molecule has 0 saturated carbocycles. The van der Waals surface area contributed by atoms with E-state index in [9.17, 15) is 0 Å². The van der Waals surface area contributed by atoms with Gasteiger partial charge in [0.15, 0.2) is 11.7 Å². The number of benzene rings is 1. The predicted octanol–water partition coefficient (Wildman–Crippen LogP) is 2.33. The third kappa shape index (κ3) is 4.41. The monoisotopic (exact) mass is 354 g/mol. The molecule has 3 N–H and O–H groups in total. The average Bonchev–Trinajstić information content (AvgIpc) is 3.35. The van der Waals surface area contributed by atoms with Crippen molar-refractivity contribution in [3.8, 4) is 17.3 Å². The van der Waals surface area contributed by atoms with Crippen LogP contribution in [0.1, 0.15) is 18.3 Å². The van der Waals surface area contributed by atoms with E-state index < -0.39 is 0 Å². The smallest absolute Gasteiger partial charge is 0.216 e. The fraction of sp³-hybridized carbons (Fsp3) is 0.278. The highest BCUT2D eigenvalue weighted by molar-refractivity contribution is 5.79. The van der Waals surface area contributed by atoms with Gasteiger partial charge in [0.05, 0.1) is 19.4 Å².